The summed E-state index contributed by atoms with van der Waals surface area (Å²) >= 11 is 0. The molecule has 6 heteroatoms. The maximum absolute atomic E-state index is 13.4. The Kier molecular flexibility index (Phi) is 8.94. The van der Waals surface area contributed by atoms with E-state index in [1.165, 1.54) is 0 Å². The first-order valence-electron chi connectivity index (χ1n) is 13.8. The predicted molar refractivity (Wildman–Crippen MR) is 145 cm³/mol. The Morgan fingerprint density at radius 2 is 1.76 bits per heavy atom. The lowest BCUT2D eigenvalue weighted by molar-refractivity contribution is -0.155. The lowest BCUT2D eigenvalue weighted by atomic mass is 9.73. The second-order valence-electron chi connectivity index (χ2n) is 11.0. The molecule has 4 rings (SSSR count). The number of hydrogen-bond donors (Lipinski definition) is 2. The van der Waals surface area contributed by atoms with Gasteiger partial charge in [-0.3, -0.25) is 4.79 Å². The minimum absolute atomic E-state index is 0.166. The number of ether oxygens (including phenoxy) is 2. The SMILES string of the molecule is COCCCC[C@@](O)(c1ccccc1Oc1c(C)cccc1C)C1CCCN(C(=O)C2(O)CCCC2)C1. The number of para-hydroxylation sites is 2. The molecule has 2 aliphatic rings. The van der Waals surface area contributed by atoms with E-state index in [1.807, 2.05) is 56.3 Å². The number of nitrogens with zero attached hydrogens (tertiary/aromatic N) is 1. The van der Waals surface area contributed by atoms with E-state index in [-0.39, 0.29) is 11.8 Å². The van der Waals surface area contributed by atoms with Crippen molar-refractivity contribution in [2.45, 2.75) is 82.8 Å². The third kappa shape index (κ3) is 6.02. The zero-order valence-corrected chi connectivity index (χ0v) is 22.7. The van der Waals surface area contributed by atoms with Crippen LogP contribution in [-0.4, -0.2) is 53.4 Å². The van der Waals surface area contributed by atoms with Crippen LogP contribution in [0, 0.1) is 19.8 Å². The van der Waals surface area contributed by atoms with Gasteiger partial charge in [0.2, 0.25) is 0 Å². The van der Waals surface area contributed by atoms with Crippen molar-refractivity contribution >= 4 is 5.91 Å². The molecule has 1 aliphatic heterocycles. The Morgan fingerprint density at radius 1 is 1.05 bits per heavy atom. The highest BCUT2D eigenvalue weighted by Gasteiger charge is 2.47. The van der Waals surface area contributed by atoms with Crippen LogP contribution in [0.2, 0.25) is 0 Å². The number of piperidine rings is 1. The predicted octanol–water partition coefficient (Wildman–Crippen LogP) is 5.64. The number of carbonyl (C=O) groups is 1. The monoisotopic (exact) mass is 509 g/mol. The molecule has 0 radical (unpaired) electrons. The number of rotatable bonds is 10. The van der Waals surface area contributed by atoms with Crippen LogP contribution in [0.3, 0.4) is 0 Å². The molecule has 1 heterocycles. The van der Waals surface area contributed by atoms with E-state index in [1.54, 1.807) is 12.0 Å². The van der Waals surface area contributed by atoms with Crippen molar-refractivity contribution in [1.82, 2.24) is 4.90 Å². The van der Waals surface area contributed by atoms with Crippen LogP contribution < -0.4 is 4.74 Å². The van der Waals surface area contributed by atoms with Crippen molar-refractivity contribution in [2.24, 2.45) is 5.92 Å². The molecule has 2 aromatic carbocycles. The quantitative estimate of drug-likeness (QED) is 0.405. The lowest BCUT2D eigenvalue weighted by Gasteiger charge is -2.44. The average molecular weight is 510 g/mol. The van der Waals surface area contributed by atoms with Crippen LogP contribution in [0.5, 0.6) is 11.5 Å². The maximum Gasteiger partial charge on any atom is 0.254 e. The molecule has 202 valence electrons. The number of aryl methyl sites for hydroxylation is 2. The van der Waals surface area contributed by atoms with Gasteiger partial charge >= 0.3 is 0 Å². The minimum atomic E-state index is -1.25. The van der Waals surface area contributed by atoms with Gasteiger partial charge in [0, 0.05) is 38.3 Å². The number of hydrogen-bond acceptors (Lipinski definition) is 5. The summed E-state index contributed by atoms with van der Waals surface area (Å²) < 4.78 is 11.8. The fraction of sp³-hybridized carbons (Fsp3) is 0.581. The third-order valence-corrected chi connectivity index (χ3v) is 8.34. The first-order valence-corrected chi connectivity index (χ1v) is 13.8. The van der Waals surface area contributed by atoms with Crippen molar-refractivity contribution in [3.63, 3.8) is 0 Å². The van der Waals surface area contributed by atoms with Gasteiger partial charge in [0.1, 0.15) is 17.1 Å². The number of likely N-dealkylation sites (tertiary alicyclic amines) is 1. The molecular formula is C31H43NO5. The third-order valence-electron chi connectivity index (χ3n) is 8.34. The van der Waals surface area contributed by atoms with Crippen LogP contribution in [0.1, 0.15) is 74.5 Å². The van der Waals surface area contributed by atoms with E-state index in [9.17, 15) is 15.0 Å². The second-order valence-corrected chi connectivity index (χ2v) is 11.0. The molecule has 0 aromatic heterocycles. The molecule has 2 aromatic rings. The molecule has 1 saturated carbocycles. The molecule has 1 unspecified atom stereocenters. The number of aliphatic hydroxyl groups is 2. The molecule has 2 N–H and O–H groups in total. The van der Waals surface area contributed by atoms with E-state index >= 15 is 0 Å². The highest BCUT2D eigenvalue weighted by Crippen LogP contribution is 2.45. The van der Waals surface area contributed by atoms with Crippen LogP contribution in [0.4, 0.5) is 0 Å². The molecule has 1 aliphatic carbocycles. The maximum atomic E-state index is 13.4. The Balaban J connectivity index is 1.66. The number of benzene rings is 2. The van der Waals surface area contributed by atoms with E-state index in [2.05, 4.69) is 0 Å². The molecule has 2 atom stereocenters. The van der Waals surface area contributed by atoms with E-state index in [0.29, 0.717) is 44.7 Å². The zero-order chi connectivity index (χ0) is 26.5. The summed E-state index contributed by atoms with van der Waals surface area (Å²) in [5.74, 6) is 1.12. The van der Waals surface area contributed by atoms with Crippen molar-refractivity contribution in [3.8, 4) is 11.5 Å². The van der Waals surface area contributed by atoms with Crippen molar-refractivity contribution in [2.75, 3.05) is 26.8 Å². The molecule has 6 nitrogen and oxygen atoms in total. The summed E-state index contributed by atoms with van der Waals surface area (Å²) in [6, 6.07) is 13.8. The van der Waals surface area contributed by atoms with Gasteiger partial charge in [-0.25, -0.2) is 0 Å². The first kappa shape index (κ1) is 27.6. The highest BCUT2D eigenvalue weighted by atomic mass is 16.5. The molecule has 1 saturated heterocycles. The lowest BCUT2D eigenvalue weighted by Crippen LogP contribution is -2.54. The van der Waals surface area contributed by atoms with Gasteiger partial charge in [0.05, 0.1) is 5.60 Å². The molecule has 1 amide bonds. The van der Waals surface area contributed by atoms with Gasteiger partial charge in [-0.2, -0.15) is 0 Å². The topological polar surface area (TPSA) is 79.2 Å². The Labute approximate surface area is 221 Å². The Morgan fingerprint density at radius 3 is 2.46 bits per heavy atom. The second kappa shape index (κ2) is 12.0. The summed E-state index contributed by atoms with van der Waals surface area (Å²) in [6.07, 6.45) is 6.59. The summed E-state index contributed by atoms with van der Waals surface area (Å²) in [5.41, 5.74) is 0.407. The normalized spacial score (nSPS) is 21.0. The van der Waals surface area contributed by atoms with E-state index in [0.717, 1.165) is 61.0 Å². The fourth-order valence-electron chi connectivity index (χ4n) is 6.20. The van der Waals surface area contributed by atoms with Crippen molar-refractivity contribution in [1.29, 1.82) is 0 Å². The Bertz CT molecular complexity index is 1040. The molecule has 37 heavy (non-hydrogen) atoms. The van der Waals surface area contributed by atoms with Gasteiger partial charge in [-0.05, 0) is 88.8 Å². The summed E-state index contributed by atoms with van der Waals surface area (Å²) in [4.78, 5) is 15.2. The van der Waals surface area contributed by atoms with Gasteiger partial charge in [-0.1, -0.05) is 36.4 Å². The Hall–Kier alpha value is -2.41. The van der Waals surface area contributed by atoms with Crippen molar-refractivity contribution in [3.05, 3.63) is 59.2 Å². The number of amides is 1. The number of carbonyl (C=O) groups excluding carboxylic acids is 1. The molecule has 0 bridgehead atoms. The average Bonchev–Trinajstić information content (AvgIpc) is 3.36. The standard InChI is InChI=1S/C31H43NO5/c1-23-12-10-13-24(2)28(23)37-27-16-5-4-15-26(27)31(35,19-8-9-21-36-3)25-14-11-20-32(22-25)29(33)30(34)17-6-7-18-30/h4-5,10,12-13,15-16,25,34-35H,6-9,11,14,17-22H2,1-3H3/t25?,31-/m0/s1. The van der Waals surface area contributed by atoms with Crippen LogP contribution >= 0.6 is 0 Å². The number of methoxy groups -OCH3 is 1. The molecule has 2 fully saturated rings. The van der Waals surface area contributed by atoms with Gasteiger partial charge in [0.25, 0.3) is 5.91 Å². The van der Waals surface area contributed by atoms with Crippen LogP contribution in [0.25, 0.3) is 0 Å². The summed E-state index contributed by atoms with van der Waals surface area (Å²) in [5, 5.41) is 23.5. The minimum Gasteiger partial charge on any atom is -0.456 e. The van der Waals surface area contributed by atoms with Crippen LogP contribution in [0.15, 0.2) is 42.5 Å². The zero-order valence-electron chi connectivity index (χ0n) is 22.7. The van der Waals surface area contributed by atoms with E-state index < -0.39 is 11.2 Å². The summed E-state index contributed by atoms with van der Waals surface area (Å²) in [7, 11) is 1.69. The van der Waals surface area contributed by atoms with Gasteiger partial charge < -0.3 is 24.6 Å². The summed E-state index contributed by atoms with van der Waals surface area (Å²) in [6.45, 7) is 5.75. The largest absolute Gasteiger partial charge is 0.456 e. The molecule has 0 spiro atoms. The van der Waals surface area contributed by atoms with Gasteiger partial charge in [0.15, 0.2) is 0 Å². The van der Waals surface area contributed by atoms with Gasteiger partial charge in [-0.15, -0.1) is 0 Å². The molecular weight excluding hydrogens is 466 g/mol. The highest BCUT2D eigenvalue weighted by molar-refractivity contribution is 5.85. The van der Waals surface area contributed by atoms with Crippen molar-refractivity contribution < 1.29 is 24.5 Å². The smallest absolute Gasteiger partial charge is 0.254 e. The van der Waals surface area contributed by atoms with Crippen LogP contribution in [-0.2, 0) is 15.1 Å². The fourth-order valence-corrected chi connectivity index (χ4v) is 6.20. The van der Waals surface area contributed by atoms with E-state index in [4.69, 9.17) is 9.47 Å². The first-order chi connectivity index (χ1) is 17.8. The number of unbranched alkanes of at least 4 members (excludes halogenated alkanes) is 1.